The van der Waals surface area contributed by atoms with E-state index in [9.17, 15) is 9.59 Å². The molecule has 1 aliphatic rings. The van der Waals surface area contributed by atoms with Gasteiger partial charge in [-0.15, -0.1) is 0 Å². The van der Waals surface area contributed by atoms with E-state index in [2.05, 4.69) is 5.32 Å². The summed E-state index contributed by atoms with van der Waals surface area (Å²) < 4.78 is 5.84. The van der Waals surface area contributed by atoms with Crippen LogP contribution in [0, 0.1) is 11.8 Å². The zero-order chi connectivity index (χ0) is 20.6. The van der Waals surface area contributed by atoms with E-state index in [1.165, 1.54) is 0 Å². The summed E-state index contributed by atoms with van der Waals surface area (Å²) in [5, 5.41) is 2.85. The Morgan fingerprint density at radius 1 is 1.00 bits per heavy atom. The standard InChI is InChI=1S/C23H29N3O3/c24-15-16-9-11-18(12-10-16)23(28)26-21(22(25)27)14-17-5-4-8-20(13-17)29-19-6-2-1-3-7-19/h1-8,13,16,18,21H,9-12,14-15,24H2,(H2,25,27)(H,26,28). The van der Waals surface area contributed by atoms with Gasteiger partial charge in [0.15, 0.2) is 0 Å². The van der Waals surface area contributed by atoms with Gasteiger partial charge >= 0.3 is 0 Å². The number of hydrogen-bond donors (Lipinski definition) is 3. The van der Waals surface area contributed by atoms with E-state index in [0.29, 0.717) is 24.6 Å². The van der Waals surface area contributed by atoms with Crippen molar-refractivity contribution in [2.24, 2.45) is 23.3 Å². The molecule has 0 spiro atoms. The lowest BCUT2D eigenvalue weighted by molar-refractivity contribution is -0.130. The quantitative estimate of drug-likeness (QED) is 0.639. The number of ether oxygens (including phenoxy) is 1. The van der Waals surface area contributed by atoms with Crippen molar-refractivity contribution in [2.45, 2.75) is 38.1 Å². The SMILES string of the molecule is NCC1CCC(C(=O)NC(Cc2cccc(Oc3ccccc3)c2)C(N)=O)CC1. The molecule has 0 bridgehead atoms. The molecule has 6 heteroatoms. The Kier molecular flexibility index (Phi) is 7.25. The first kappa shape index (κ1) is 20.9. The second-order valence-electron chi connectivity index (χ2n) is 7.68. The van der Waals surface area contributed by atoms with Crippen LogP contribution in [0.5, 0.6) is 11.5 Å². The molecule has 1 unspecified atom stereocenters. The van der Waals surface area contributed by atoms with Crippen LogP contribution in [0.25, 0.3) is 0 Å². The average Bonchev–Trinajstić information content (AvgIpc) is 2.74. The van der Waals surface area contributed by atoms with E-state index in [1.54, 1.807) is 0 Å². The molecule has 0 aromatic heterocycles. The molecule has 0 aliphatic heterocycles. The van der Waals surface area contributed by atoms with Gasteiger partial charge in [0.05, 0.1) is 0 Å². The molecular weight excluding hydrogens is 366 g/mol. The first-order valence-corrected chi connectivity index (χ1v) is 10.2. The number of nitrogens with two attached hydrogens (primary N) is 2. The second kappa shape index (κ2) is 10.1. The summed E-state index contributed by atoms with van der Waals surface area (Å²) in [6.07, 6.45) is 3.84. The van der Waals surface area contributed by atoms with E-state index in [1.807, 2.05) is 54.6 Å². The van der Waals surface area contributed by atoms with Crippen LogP contribution < -0.4 is 21.5 Å². The number of para-hydroxylation sites is 1. The fourth-order valence-corrected chi connectivity index (χ4v) is 3.77. The van der Waals surface area contributed by atoms with Crippen LogP contribution in [0.2, 0.25) is 0 Å². The minimum absolute atomic E-state index is 0.0765. The highest BCUT2D eigenvalue weighted by Gasteiger charge is 2.28. The summed E-state index contributed by atoms with van der Waals surface area (Å²) in [5.41, 5.74) is 12.2. The predicted molar refractivity (Wildman–Crippen MR) is 112 cm³/mol. The zero-order valence-electron chi connectivity index (χ0n) is 16.6. The highest BCUT2D eigenvalue weighted by molar-refractivity contribution is 5.87. The Morgan fingerprint density at radius 2 is 1.69 bits per heavy atom. The van der Waals surface area contributed by atoms with Crippen molar-refractivity contribution in [1.82, 2.24) is 5.32 Å². The third kappa shape index (κ3) is 6.06. The largest absolute Gasteiger partial charge is 0.457 e. The van der Waals surface area contributed by atoms with Crippen LogP contribution in [0.3, 0.4) is 0 Å². The van der Waals surface area contributed by atoms with Gasteiger partial charge in [0.25, 0.3) is 0 Å². The van der Waals surface area contributed by atoms with Gasteiger partial charge in [0.1, 0.15) is 17.5 Å². The van der Waals surface area contributed by atoms with Gasteiger partial charge in [-0.05, 0) is 68.0 Å². The molecule has 2 amide bonds. The maximum Gasteiger partial charge on any atom is 0.240 e. The lowest BCUT2D eigenvalue weighted by Crippen LogP contribution is -2.48. The van der Waals surface area contributed by atoms with Gasteiger partial charge in [-0.25, -0.2) is 0 Å². The first-order chi connectivity index (χ1) is 14.0. The number of rotatable bonds is 8. The number of primary amides is 1. The van der Waals surface area contributed by atoms with Crippen molar-refractivity contribution in [3.63, 3.8) is 0 Å². The van der Waals surface area contributed by atoms with Crippen molar-refractivity contribution in [3.05, 3.63) is 60.2 Å². The van der Waals surface area contributed by atoms with Gasteiger partial charge in [-0.1, -0.05) is 30.3 Å². The zero-order valence-corrected chi connectivity index (χ0v) is 16.6. The highest BCUT2D eigenvalue weighted by Crippen LogP contribution is 2.28. The van der Waals surface area contributed by atoms with Crippen LogP contribution in [-0.2, 0) is 16.0 Å². The average molecular weight is 396 g/mol. The van der Waals surface area contributed by atoms with Crippen molar-refractivity contribution in [2.75, 3.05) is 6.54 Å². The topological polar surface area (TPSA) is 107 Å². The van der Waals surface area contributed by atoms with Gasteiger partial charge < -0.3 is 21.5 Å². The molecule has 2 aromatic carbocycles. The summed E-state index contributed by atoms with van der Waals surface area (Å²) in [6, 6.07) is 16.2. The molecule has 6 nitrogen and oxygen atoms in total. The summed E-state index contributed by atoms with van der Waals surface area (Å²) in [5.74, 6) is 1.19. The van der Waals surface area contributed by atoms with Crippen LogP contribution in [-0.4, -0.2) is 24.4 Å². The molecular formula is C23H29N3O3. The summed E-state index contributed by atoms with van der Waals surface area (Å²) >= 11 is 0. The van der Waals surface area contributed by atoms with E-state index in [0.717, 1.165) is 37.0 Å². The van der Waals surface area contributed by atoms with Crippen molar-refractivity contribution >= 4 is 11.8 Å². The smallest absolute Gasteiger partial charge is 0.240 e. The van der Waals surface area contributed by atoms with E-state index < -0.39 is 11.9 Å². The molecule has 1 fully saturated rings. The van der Waals surface area contributed by atoms with Gasteiger partial charge in [-0.3, -0.25) is 9.59 Å². The van der Waals surface area contributed by atoms with Crippen molar-refractivity contribution in [1.29, 1.82) is 0 Å². The molecule has 154 valence electrons. The van der Waals surface area contributed by atoms with E-state index in [4.69, 9.17) is 16.2 Å². The van der Waals surface area contributed by atoms with E-state index >= 15 is 0 Å². The third-order valence-electron chi connectivity index (χ3n) is 5.53. The van der Waals surface area contributed by atoms with Gasteiger partial charge in [0, 0.05) is 12.3 Å². The minimum Gasteiger partial charge on any atom is -0.457 e. The number of hydrogen-bond acceptors (Lipinski definition) is 4. The Labute approximate surface area is 171 Å². The monoisotopic (exact) mass is 395 g/mol. The van der Waals surface area contributed by atoms with Gasteiger partial charge in [-0.2, -0.15) is 0 Å². The lowest BCUT2D eigenvalue weighted by atomic mass is 9.81. The molecule has 3 rings (SSSR count). The Balaban J connectivity index is 1.61. The molecule has 1 atom stereocenters. The van der Waals surface area contributed by atoms with Crippen molar-refractivity contribution < 1.29 is 14.3 Å². The molecule has 0 heterocycles. The van der Waals surface area contributed by atoms with Crippen LogP contribution in [0.4, 0.5) is 0 Å². The minimum atomic E-state index is -0.748. The van der Waals surface area contributed by atoms with Crippen LogP contribution in [0.15, 0.2) is 54.6 Å². The number of benzene rings is 2. The van der Waals surface area contributed by atoms with Crippen molar-refractivity contribution in [3.8, 4) is 11.5 Å². The fraction of sp³-hybridized carbons (Fsp3) is 0.391. The Hall–Kier alpha value is -2.86. The maximum atomic E-state index is 12.6. The van der Waals surface area contributed by atoms with E-state index in [-0.39, 0.29) is 11.8 Å². The highest BCUT2D eigenvalue weighted by atomic mass is 16.5. The van der Waals surface area contributed by atoms with Crippen LogP contribution >= 0.6 is 0 Å². The molecule has 1 aliphatic carbocycles. The molecule has 2 aromatic rings. The van der Waals surface area contributed by atoms with Gasteiger partial charge in [0.2, 0.25) is 11.8 Å². The second-order valence-corrected chi connectivity index (χ2v) is 7.68. The third-order valence-corrected chi connectivity index (χ3v) is 5.53. The maximum absolute atomic E-state index is 12.6. The molecule has 0 saturated heterocycles. The Bertz CT molecular complexity index is 817. The molecule has 29 heavy (non-hydrogen) atoms. The lowest BCUT2D eigenvalue weighted by Gasteiger charge is -2.28. The summed E-state index contributed by atoms with van der Waals surface area (Å²) in [6.45, 7) is 0.666. The molecule has 5 N–H and O–H groups in total. The number of nitrogens with one attached hydrogen (secondary N) is 1. The number of carbonyl (C=O) groups is 2. The molecule has 0 radical (unpaired) electrons. The van der Waals surface area contributed by atoms with Crippen LogP contribution in [0.1, 0.15) is 31.2 Å². The number of carbonyl (C=O) groups excluding carboxylic acids is 2. The Morgan fingerprint density at radius 3 is 2.34 bits per heavy atom. The summed E-state index contributed by atoms with van der Waals surface area (Å²) in [7, 11) is 0. The fourth-order valence-electron chi connectivity index (χ4n) is 3.77. The summed E-state index contributed by atoms with van der Waals surface area (Å²) in [4.78, 5) is 24.6. The number of amides is 2. The molecule has 1 saturated carbocycles. The normalized spacial score (nSPS) is 19.9. The predicted octanol–water partition coefficient (Wildman–Crippen LogP) is 2.76. The first-order valence-electron chi connectivity index (χ1n) is 10.2.